The van der Waals surface area contributed by atoms with Crippen molar-refractivity contribution in [1.29, 1.82) is 0 Å². The molecule has 1 aliphatic rings. The highest BCUT2D eigenvalue weighted by Crippen LogP contribution is 2.27. The second-order valence-electron chi connectivity index (χ2n) is 5.99. The van der Waals surface area contributed by atoms with Gasteiger partial charge in [0, 0.05) is 44.1 Å². The average molecular weight is 314 g/mol. The molecule has 2 rings (SSSR count). The highest BCUT2D eigenvalue weighted by Gasteiger charge is 2.38. The van der Waals surface area contributed by atoms with E-state index in [4.69, 9.17) is 5.73 Å². The van der Waals surface area contributed by atoms with Crippen molar-refractivity contribution in [2.45, 2.75) is 37.9 Å². The van der Waals surface area contributed by atoms with Gasteiger partial charge in [0.1, 0.15) is 4.90 Å². The topological polar surface area (TPSA) is 71.6 Å². The van der Waals surface area contributed by atoms with Crippen LogP contribution in [0.15, 0.2) is 17.2 Å². The van der Waals surface area contributed by atoms with Gasteiger partial charge in [0.25, 0.3) is 0 Å². The van der Waals surface area contributed by atoms with Gasteiger partial charge >= 0.3 is 0 Å². The first-order valence-corrected chi connectivity index (χ1v) is 8.81. The standard InChI is InChI=1S/C14H26N4O2S/c1-5-17-9-13(6-12(17)7-15)21(19,20)18-8-11(2)14(10-18)16(3)4/h6,9,11,14H,5,7-8,10,15H2,1-4H3. The maximum absolute atomic E-state index is 12.8. The Kier molecular flexibility index (Phi) is 4.77. The largest absolute Gasteiger partial charge is 0.349 e. The maximum Gasteiger partial charge on any atom is 0.244 e. The molecule has 2 atom stereocenters. The molecule has 0 saturated carbocycles. The molecule has 1 aromatic rings. The lowest BCUT2D eigenvalue weighted by atomic mass is 10.1. The Morgan fingerprint density at radius 1 is 1.38 bits per heavy atom. The highest BCUT2D eigenvalue weighted by atomic mass is 32.2. The SMILES string of the molecule is CCn1cc(S(=O)(=O)N2CC(C)C(N(C)C)C2)cc1CN. The Labute approximate surface area is 127 Å². The molecule has 0 spiro atoms. The molecule has 1 aromatic heterocycles. The second kappa shape index (κ2) is 6.08. The summed E-state index contributed by atoms with van der Waals surface area (Å²) in [5.74, 6) is 0.331. The zero-order chi connectivity index (χ0) is 15.8. The van der Waals surface area contributed by atoms with Crippen molar-refractivity contribution in [3.63, 3.8) is 0 Å². The van der Waals surface area contributed by atoms with Crippen LogP contribution in [0.4, 0.5) is 0 Å². The van der Waals surface area contributed by atoms with Crippen molar-refractivity contribution < 1.29 is 8.42 Å². The summed E-state index contributed by atoms with van der Waals surface area (Å²) in [5.41, 5.74) is 6.54. The number of likely N-dealkylation sites (N-methyl/N-ethyl adjacent to an activating group) is 1. The molecular formula is C14H26N4O2S. The molecule has 0 radical (unpaired) electrons. The normalized spacial score (nSPS) is 24.1. The third kappa shape index (κ3) is 3.01. The van der Waals surface area contributed by atoms with Crippen LogP contribution in [-0.2, 0) is 23.1 Å². The van der Waals surface area contributed by atoms with Gasteiger partial charge in [-0.1, -0.05) is 6.92 Å². The predicted molar refractivity (Wildman–Crippen MR) is 83.4 cm³/mol. The van der Waals surface area contributed by atoms with Crippen LogP contribution < -0.4 is 5.73 Å². The minimum Gasteiger partial charge on any atom is -0.349 e. The van der Waals surface area contributed by atoms with Gasteiger partial charge in [-0.3, -0.25) is 0 Å². The van der Waals surface area contributed by atoms with E-state index >= 15 is 0 Å². The number of aromatic nitrogens is 1. The molecule has 7 heteroatoms. The van der Waals surface area contributed by atoms with Gasteiger partial charge in [-0.2, -0.15) is 4.31 Å². The maximum atomic E-state index is 12.8. The van der Waals surface area contributed by atoms with Crippen molar-refractivity contribution in [1.82, 2.24) is 13.8 Å². The minimum absolute atomic E-state index is 0.266. The number of hydrogen-bond donors (Lipinski definition) is 1. The number of nitrogens with zero attached hydrogens (tertiary/aromatic N) is 3. The van der Waals surface area contributed by atoms with Crippen molar-refractivity contribution in [3.05, 3.63) is 18.0 Å². The molecule has 120 valence electrons. The molecule has 1 fully saturated rings. The summed E-state index contributed by atoms with van der Waals surface area (Å²) in [6.45, 7) is 6.27. The summed E-state index contributed by atoms with van der Waals surface area (Å²) in [5, 5.41) is 0. The van der Waals surface area contributed by atoms with Crippen molar-refractivity contribution >= 4 is 10.0 Å². The van der Waals surface area contributed by atoms with E-state index in [9.17, 15) is 8.42 Å². The Hall–Kier alpha value is -0.890. The first-order valence-electron chi connectivity index (χ1n) is 7.37. The van der Waals surface area contributed by atoms with E-state index in [0.717, 1.165) is 12.2 Å². The van der Waals surface area contributed by atoms with Crippen molar-refractivity contribution in [2.24, 2.45) is 11.7 Å². The summed E-state index contributed by atoms with van der Waals surface area (Å²) in [6.07, 6.45) is 1.70. The molecule has 0 aliphatic carbocycles. The number of hydrogen-bond acceptors (Lipinski definition) is 4. The smallest absolute Gasteiger partial charge is 0.244 e. The summed E-state index contributed by atoms with van der Waals surface area (Å²) in [6, 6.07) is 1.97. The number of sulfonamides is 1. The van der Waals surface area contributed by atoms with Crippen LogP contribution in [0.3, 0.4) is 0 Å². The van der Waals surface area contributed by atoms with Gasteiger partial charge in [0.2, 0.25) is 10.0 Å². The van der Waals surface area contributed by atoms with E-state index in [0.29, 0.717) is 30.4 Å². The third-order valence-electron chi connectivity index (χ3n) is 4.35. The van der Waals surface area contributed by atoms with Crippen LogP contribution in [0.5, 0.6) is 0 Å². The fourth-order valence-electron chi connectivity index (χ4n) is 3.06. The predicted octanol–water partition coefficient (Wildman–Crippen LogP) is 0.537. The first kappa shape index (κ1) is 16.5. The van der Waals surface area contributed by atoms with Crippen molar-refractivity contribution in [2.75, 3.05) is 27.2 Å². The van der Waals surface area contributed by atoms with E-state index in [1.165, 1.54) is 0 Å². The lowest BCUT2D eigenvalue weighted by Gasteiger charge is -2.22. The second-order valence-corrected chi connectivity index (χ2v) is 7.93. The molecule has 0 amide bonds. The van der Waals surface area contributed by atoms with E-state index in [1.807, 2.05) is 25.6 Å². The lowest BCUT2D eigenvalue weighted by Crippen LogP contribution is -2.35. The number of rotatable bonds is 5. The zero-order valence-corrected chi connectivity index (χ0v) is 14.1. The molecular weight excluding hydrogens is 288 g/mol. The molecule has 2 N–H and O–H groups in total. The van der Waals surface area contributed by atoms with Crippen molar-refractivity contribution in [3.8, 4) is 0 Å². The van der Waals surface area contributed by atoms with Crippen LogP contribution in [0.25, 0.3) is 0 Å². The molecule has 2 unspecified atom stereocenters. The van der Waals surface area contributed by atoms with Crippen LogP contribution in [0.1, 0.15) is 19.5 Å². The quantitative estimate of drug-likeness (QED) is 0.861. The monoisotopic (exact) mass is 314 g/mol. The molecule has 0 aromatic carbocycles. The van der Waals surface area contributed by atoms with Gasteiger partial charge in [-0.25, -0.2) is 8.42 Å². The van der Waals surface area contributed by atoms with E-state index < -0.39 is 10.0 Å². The Morgan fingerprint density at radius 3 is 2.48 bits per heavy atom. The molecule has 1 aliphatic heterocycles. The lowest BCUT2D eigenvalue weighted by molar-refractivity contribution is 0.263. The number of nitrogens with two attached hydrogens (primary N) is 1. The summed E-state index contributed by atoms with van der Waals surface area (Å²) < 4.78 is 29.1. The molecule has 2 heterocycles. The van der Waals surface area contributed by atoms with Crippen LogP contribution in [0, 0.1) is 5.92 Å². The van der Waals surface area contributed by atoms with E-state index in [2.05, 4.69) is 11.8 Å². The first-order chi connectivity index (χ1) is 9.81. The van der Waals surface area contributed by atoms with Crippen LogP contribution >= 0.6 is 0 Å². The fraction of sp³-hybridized carbons (Fsp3) is 0.714. The molecule has 6 nitrogen and oxygen atoms in total. The highest BCUT2D eigenvalue weighted by molar-refractivity contribution is 7.89. The third-order valence-corrected chi connectivity index (χ3v) is 6.15. The van der Waals surface area contributed by atoms with Crippen LogP contribution in [-0.4, -0.2) is 55.4 Å². The Bertz CT molecular complexity index is 573. The van der Waals surface area contributed by atoms with Gasteiger partial charge in [0.15, 0.2) is 0 Å². The Balaban J connectivity index is 2.29. The molecule has 0 bridgehead atoms. The van der Waals surface area contributed by atoms with Gasteiger partial charge < -0.3 is 15.2 Å². The van der Waals surface area contributed by atoms with Crippen LogP contribution in [0.2, 0.25) is 0 Å². The van der Waals surface area contributed by atoms with Gasteiger partial charge in [-0.15, -0.1) is 0 Å². The number of aryl methyl sites for hydroxylation is 1. The zero-order valence-electron chi connectivity index (χ0n) is 13.3. The summed E-state index contributed by atoms with van der Waals surface area (Å²) in [7, 11) is 0.565. The molecule has 21 heavy (non-hydrogen) atoms. The van der Waals surface area contributed by atoms with Gasteiger partial charge in [-0.05, 0) is 33.0 Å². The summed E-state index contributed by atoms with van der Waals surface area (Å²) >= 11 is 0. The minimum atomic E-state index is -3.43. The summed E-state index contributed by atoms with van der Waals surface area (Å²) in [4.78, 5) is 2.46. The van der Waals surface area contributed by atoms with Gasteiger partial charge in [0.05, 0.1) is 0 Å². The van der Waals surface area contributed by atoms with E-state index in [-0.39, 0.29) is 6.04 Å². The average Bonchev–Trinajstić information content (AvgIpc) is 3.02. The molecule has 1 saturated heterocycles. The fourth-order valence-corrected chi connectivity index (χ4v) is 4.68. The van der Waals surface area contributed by atoms with E-state index in [1.54, 1.807) is 16.6 Å². The Morgan fingerprint density at radius 2 is 2.05 bits per heavy atom.